The molecule has 0 saturated heterocycles. The van der Waals surface area contributed by atoms with Crippen LogP contribution in [0.4, 0.5) is 0 Å². The normalized spacial score (nSPS) is 12.7. The third-order valence-electron chi connectivity index (χ3n) is 3.03. The first kappa shape index (κ1) is 14.3. The smallest absolute Gasteiger partial charge is 0.359 e. The topological polar surface area (TPSA) is 61.9 Å². The van der Waals surface area contributed by atoms with E-state index < -0.39 is 5.97 Å². The van der Waals surface area contributed by atoms with E-state index in [9.17, 15) is 4.79 Å². The fourth-order valence-corrected chi connectivity index (χ4v) is 2.07. The Labute approximate surface area is 118 Å². The van der Waals surface area contributed by atoms with Gasteiger partial charge in [0.05, 0.1) is 6.54 Å². The summed E-state index contributed by atoms with van der Waals surface area (Å²) in [6.45, 7) is 6.49. The minimum absolute atomic E-state index is 0.257. The molecule has 0 aromatic carbocycles. The van der Waals surface area contributed by atoms with E-state index in [1.165, 1.54) is 0 Å². The standard InChI is InChI=1S/C14H20N4O2/c1-10(2)13-8-12(16-17(13)4)14(19)20-11(3)9-18-7-5-6-15-18/h5-8,10-11H,9H2,1-4H3. The first-order valence-corrected chi connectivity index (χ1v) is 6.69. The fraction of sp³-hybridized carbons (Fsp3) is 0.500. The first-order chi connectivity index (χ1) is 9.47. The number of hydrogen-bond donors (Lipinski definition) is 0. The molecule has 20 heavy (non-hydrogen) atoms. The van der Waals surface area contributed by atoms with E-state index >= 15 is 0 Å². The number of aromatic nitrogens is 4. The van der Waals surface area contributed by atoms with Gasteiger partial charge in [0.2, 0.25) is 0 Å². The molecule has 0 fully saturated rings. The largest absolute Gasteiger partial charge is 0.456 e. The maximum absolute atomic E-state index is 12.0. The van der Waals surface area contributed by atoms with Gasteiger partial charge in [0.25, 0.3) is 0 Å². The second-order valence-corrected chi connectivity index (χ2v) is 5.18. The summed E-state index contributed by atoms with van der Waals surface area (Å²) in [6.07, 6.45) is 3.27. The minimum Gasteiger partial charge on any atom is -0.456 e. The molecular formula is C14H20N4O2. The van der Waals surface area contributed by atoms with Crippen LogP contribution in [0.1, 0.15) is 42.9 Å². The van der Waals surface area contributed by atoms with Crippen molar-refractivity contribution in [3.05, 3.63) is 35.9 Å². The molecule has 0 aliphatic rings. The Morgan fingerprint density at radius 3 is 2.70 bits per heavy atom. The van der Waals surface area contributed by atoms with Gasteiger partial charge in [0.15, 0.2) is 5.69 Å². The van der Waals surface area contributed by atoms with Crippen LogP contribution in [0.3, 0.4) is 0 Å². The van der Waals surface area contributed by atoms with Gasteiger partial charge in [0.1, 0.15) is 6.10 Å². The van der Waals surface area contributed by atoms with E-state index in [0.29, 0.717) is 18.2 Å². The predicted molar refractivity (Wildman–Crippen MR) is 74.4 cm³/mol. The molecular weight excluding hydrogens is 256 g/mol. The van der Waals surface area contributed by atoms with Crippen molar-refractivity contribution in [2.45, 2.75) is 39.3 Å². The van der Waals surface area contributed by atoms with Gasteiger partial charge < -0.3 is 4.74 Å². The van der Waals surface area contributed by atoms with E-state index in [1.54, 1.807) is 21.6 Å². The van der Waals surface area contributed by atoms with Crippen LogP contribution in [0.2, 0.25) is 0 Å². The number of hydrogen-bond acceptors (Lipinski definition) is 4. The molecule has 2 aromatic heterocycles. The van der Waals surface area contributed by atoms with Crippen molar-refractivity contribution >= 4 is 5.97 Å². The van der Waals surface area contributed by atoms with E-state index in [2.05, 4.69) is 24.0 Å². The van der Waals surface area contributed by atoms with Crippen LogP contribution < -0.4 is 0 Å². The van der Waals surface area contributed by atoms with Gasteiger partial charge in [-0.3, -0.25) is 9.36 Å². The van der Waals surface area contributed by atoms with Crippen LogP contribution in [-0.4, -0.2) is 31.6 Å². The molecule has 2 rings (SSSR count). The molecule has 0 N–H and O–H groups in total. The lowest BCUT2D eigenvalue weighted by Crippen LogP contribution is -2.21. The summed E-state index contributed by atoms with van der Waals surface area (Å²) in [5, 5.41) is 8.28. The lowest BCUT2D eigenvalue weighted by Gasteiger charge is -2.12. The highest BCUT2D eigenvalue weighted by molar-refractivity contribution is 5.87. The summed E-state index contributed by atoms with van der Waals surface area (Å²) in [6, 6.07) is 3.62. The third-order valence-corrected chi connectivity index (χ3v) is 3.03. The molecule has 0 saturated carbocycles. The minimum atomic E-state index is -0.396. The number of nitrogens with zero attached hydrogens (tertiary/aromatic N) is 4. The summed E-state index contributed by atoms with van der Waals surface area (Å²) in [5.74, 6) is -0.0808. The zero-order valence-electron chi connectivity index (χ0n) is 12.3. The lowest BCUT2D eigenvalue weighted by molar-refractivity contribution is 0.0291. The highest BCUT2D eigenvalue weighted by atomic mass is 16.5. The Bertz CT molecular complexity index is 572. The molecule has 6 nitrogen and oxygen atoms in total. The molecule has 108 valence electrons. The molecule has 6 heteroatoms. The van der Waals surface area contributed by atoms with Crippen LogP contribution >= 0.6 is 0 Å². The zero-order chi connectivity index (χ0) is 14.7. The van der Waals surface area contributed by atoms with Crippen molar-refractivity contribution in [2.24, 2.45) is 7.05 Å². The van der Waals surface area contributed by atoms with Crippen molar-refractivity contribution in [1.29, 1.82) is 0 Å². The van der Waals surface area contributed by atoms with Crippen molar-refractivity contribution < 1.29 is 9.53 Å². The van der Waals surface area contributed by atoms with Crippen LogP contribution in [0, 0.1) is 0 Å². The number of aryl methyl sites for hydroxylation is 1. The highest BCUT2D eigenvalue weighted by Crippen LogP contribution is 2.15. The van der Waals surface area contributed by atoms with Gasteiger partial charge in [-0.15, -0.1) is 0 Å². The Hall–Kier alpha value is -2.11. The van der Waals surface area contributed by atoms with Crippen LogP contribution in [0.5, 0.6) is 0 Å². The second-order valence-electron chi connectivity index (χ2n) is 5.18. The number of carbonyl (C=O) groups excluding carboxylic acids is 1. The number of rotatable bonds is 5. The van der Waals surface area contributed by atoms with Crippen molar-refractivity contribution in [3.63, 3.8) is 0 Å². The SMILES string of the molecule is CC(Cn1cccn1)OC(=O)c1cc(C(C)C)n(C)n1. The van der Waals surface area contributed by atoms with Crippen LogP contribution in [0.15, 0.2) is 24.5 Å². The van der Waals surface area contributed by atoms with E-state index in [4.69, 9.17) is 4.74 Å². The Balaban J connectivity index is 1.99. The molecule has 0 bridgehead atoms. The summed E-state index contributed by atoms with van der Waals surface area (Å²) < 4.78 is 8.84. The van der Waals surface area contributed by atoms with Gasteiger partial charge >= 0.3 is 5.97 Å². The quantitative estimate of drug-likeness (QED) is 0.783. The molecule has 0 radical (unpaired) electrons. The zero-order valence-corrected chi connectivity index (χ0v) is 12.3. The highest BCUT2D eigenvalue weighted by Gasteiger charge is 2.18. The third kappa shape index (κ3) is 3.26. The number of esters is 1. The van der Waals surface area contributed by atoms with Crippen molar-refractivity contribution in [2.75, 3.05) is 0 Å². The van der Waals surface area contributed by atoms with Crippen molar-refractivity contribution in [3.8, 4) is 0 Å². The molecule has 0 spiro atoms. The average molecular weight is 276 g/mol. The molecule has 1 atom stereocenters. The van der Waals surface area contributed by atoms with E-state index in [1.807, 2.05) is 26.2 Å². The van der Waals surface area contributed by atoms with E-state index in [0.717, 1.165) is 5.69 Å². The number of ether oxygens (including phenoxy) is 1. The molecule has 0 aliphatic carbocycles. The number of carbonyl (C=O) groups is 1. The molecule has 0 amide bonds. The van der Waals surface area contributed by atoms with E-state index in [-0.39, 0.29) is 6.10 Å². The van der Waals surface area contributed by atoms with Crippen LogP contribution in [0.25, 0.3) is 0 Å². The van der Waals surface area contributed by atoms with Gasteiger partial charge in [-0.25, -0.2) is 4.79 Å². The monoisotopic (exact) mass is 276 g/mol. The summed E-state index contributed by atoms with van der Waals surface area (Å²) in [5.41, 5.74) is 1.36. The fourth-order valence-electron chi connectivity index (χ4n) is 2.07. The lowest BCUT2D eigenvalue weighted by atomic mass is 10.1. The second kappa shape index (κ2) is 5.90. The maximum atomic E-state index is 12.0. The maximum Gasteiger partial charge on any atom is 0.359 e. The van der Waals surface area contributed by atoms with Gasteiger partial charge in [-0.2, -0.15) is 10.2 Å². The summed E-state index contributed by atoms with van der Waals surface area (Å²) in [4.78, 5) is 12.0. The predicted octanol–water partition coefficient (Wildman–Crippen LogP) is 1.99. The molecule has 2 aromatic rings. The molecule has 0 aliphatic heterocycles. The molecule has 1 unspecified atom stereocenters. The van der Waals surface area contributed by atoms with Gasteiger partial charge in [0, 0.05) is 25.1 Å². The van der Waals surface area contributed by atoms with Crippen molar-refractivity contribution in [1.82, 2.24) is 19.6 Å². The summed E-state index contributed by atoms with van der Waals surface area (Å²) >= 11 is 0. The Morgan fingerprint density at radius 1 is 1.40 bits per heavy atom. The van der Waals surface area contributed by atoms with Crippen LogP contribution in [-0.2, 0) is 18.3 Å². The Kier molecular flexibility index (Phi) is 4.22. The first-order valence-electron chi connectivity index (χ1n) is 6.69. The van der Waals surface area contributed by atoms with Gasteiger partial charge in [-0.05, 0) is 25.0 Å². The summed E-state index contributed by atoms with van der Waals surface area (Å²) in [7, 11) is 1.83. The Morgan fingerprint density at radius 2 is 2.15 bits per heavy atom. The molecule has 2 heterocycles. The van der Waals surface area contributed by atoms with Gasteiger partial charge in [-0.1, -0.05) is 13.8 Å². The average Bonchev–Trinajstić information content (AvgIpc) is 2.98.